The van der Waals surface area contributed by atoms with E-state index in [-0.39, 0.29) is 0 Å². The number of fused-ring (bicyclic) bond motifs is 1. The van der Waals surface area contributed by atoms with Crippen LogP contribution in [0.25, 0.3) is 5.57 Å². The van der Waals surface area contributed by atoms with E-state index in [0.29, 0.717) is 39.3 Å². The summed E-state index contributed by atoms with van der Waals surface area (Å²) in [5.74, 6) is -1.28. The predicted molar refractivity (Wildman–Crippen MR) is 131 cm³/mol. The molecule has 0 spiro atoms. The van der Waals surface area contributed by atoms with Crippen LogP contribution in [-0.2, 0) is 16.1 Å². The SMILES string of the molecule is OC1(OCCOCc2ccccc2)C=CC(CN/C=C2\CN=Cc3ccc(Br)cc32)=CC1. The normalized spacial score (nSPS) is 20.8. The largest absolute Gasteiger partial charge is 0.387 e. The van der Waals surface area contributed by atoms with Gasteiger partial charge < -0.3 is 19.9 Å². The molecule has 4 rings (SSSR count). The molecule has 0 bridgehead atoms. The second-order valence-electron chi connectivity index (χ2n) is 7.80. The molecule has 0 aromatic heterocycles. The summed E-state index contributed by atoms with van der Waals surface area (Å²) in [6.07, 6.45) is 9.97. The van der Waals surface area contributed by atoms with Crippen molar-refractivity contribution in [3.63, 3.8) is 0 Å². The van der Waals surface area contributed by atoms with Crippen molar-refractivity contribution >= 4 is 27.7 Å². The lowest BCUT2D eigenvalue weighted by Crippen LogP contribution is -2.32. The Kier molecular flexibility index (Phi) is 7.71. The molecule has 2 aromatic rings. The average Bonchev–Trinajstić information content (AvgIpc) is 2.81. The molecule has 0 saturated heterocycles. The van der Waals surface area contributed by atoms with Crippen molar-refractivity contribution in [2.45, 2.75) is 18.8 Å². The van der Waals surface area contributed by atoms with Gasteiger partial charge in [0, 0.05) is 29.9 Å². The molecule has 2 N–H and O–H groups in total. The zero-order valence-electron chi connectivity index (χ0n) is 17.8. The first-order valence-corrected chi connectivity index (χ1v) is 11.5. The van der Waals surface area contributed by atoms with Crippen molar-refractivity contribution in [2.24, 2.45) is 4.99 Å². The molecule has 1 aliphatic heterocycles. The van der Waals surface area contributed by atoms with Crippen molar-refractivity contribution in [1.82, 2.24) is 5.32 Å². The van der Waals surface area contributed by atoms with Gasteiger partial charge >= 0.3 is 0 Å². The minimum atomic E-state index is -1.28. The molecule has 2 aliphatic rings. The van der Waals surface area contributed by atoms with E-state index >= 15 is 0 Å². The quantitative estimate of drug-likeness (QED) is 0.394. The highest BCUT2D eigenvalue weighted by atomic mass is 79.9. The van der Waals surface area contributed by atoms with Gasteiger partial charge in [-0.2, -0.15) is 0 Å². The van der Waals surface area contributed by atoms with Crippen molar-refractivity contribution < 1.29 is 14.6 Å². The monoisotopic (exact) mass is 494 g/mol. The Morgan fingerprint density at radius 2 is 2.03 bits per heavy atom. The molecule has 6 heteroatoms. The Morgan fingerprint density at radius 1 is 1.16 bits per heavy atom. The van der Waals surface area contributed by atoms with Gasteiger partial charge in [0.2, 0.25) is 0 Å². The molecular formula is C26H27BrN2O3. The van der Waals surface area contributed by atoms with E-state index in [0.717, 1.165) is 26.7 Å². The van der Waals surface area contributed by atoms with Gasteiger partial charge in [0.25, 0.3) is 0 Å². The van der Waals surface area contributed by atoms with Gasteiger partial charge in [-0.25, -0.2) is 0 Å². The van der Waals surface area contributed by atoms with Crippen LogP contribution in [0.5, 0.6) is 0 Å². The van der Waals surface area contributed by atoms with Crippen LogP contribution in [0.2, 0.25) is 0 Å². The summed E-state index contributed by atoms with van der Waals surface area (Å²) in [7, 11) is 0. The molecule has 1 aliphatic carbocycles. The highest BCUT2D eigenvalue weighted by Gasteiger charge is 2.25. The lowest BCUT2D eigenvalue weighted by Gasteiger charge is -2.27. The van der Waals surface area contributed by atoms with Crippen LogP contribution in [0.15, 0.2) is 88.0 Å². The van der Waals surface area contributed by atoms with Crippen LogP contribution in [0.4, 0.5) is 0 Å². The summed E-state index contributed by atoms with van der Waals surface area (Å²) in [4.78, 5) is 4.44. The number of ether oxygens (including phenoxy) is 2. The molecule has 2 aromatic carbocycles. The third kappa shape index (κ3) is 6.26. The summed E-state index contributed by atoms with van der Waals surface area (Å²) in [5, 5.41) is 14.0. The zero-order chi connectivity index (χ0) is 22.2. The van der Waals surface area contributed by atoms with E-state index in [9.17, 15) is 5.11 Å². The Hall–Kier alpha value is -2.51. The highest BCUT2D eigenvalue weighted by molar-refractivity contribution is 9.10. The number of aliphatic hydroxyl groups is 1. The van der Waals surface area contributed by atoms with E-state index < -0.39 is 5.79 Å². The Bertz CT molecular complexity index is 1050. The molecule has 0 fully saturated rings. The van der Waals surface area contributed by atoms with Gasteiger partial charge in [0.1, 0.15) is 0 Å². The molecule has 1 heterocycles. The molecule has 1 unspecified atom stereocenters. The number of halogens is 1. The standard InChI is InChI=1S/C26H27BrN2O3/c27-24-7-6-22-16-29-18-23(25(22)14-24)17-28-15-20-8-10-26(30,11-9-20)32-13-12-31-19-21-4-2-1-3-5-21/h1-10,14,16-17,28,30H,11-13,15,18-19H2/b23-17+. The Morgan fingerprint density at radius 3 is 2.84 bits per heavy atom. The molecule has 0 radical (unpaired) electrons. The van der Waals surface area contributed by atoms with Gasteiger partial charge in [-0.1, -0.05) is 64.5 Å². The fourth-order valence-corrected chi connectivity index (χ4v) is 3.95. The summed E-state index contributed by atoms with van der Waals surface area (Å²) in [5.41, 5.74) is 5.69. The average molecular weight is 495 g/mol. The van der Waals surface area contributed by atoms with Crippen LogP contribution >= 0.6 is 15.9 Å². The van der Waals surface area contributed by atoms with E-state index in [1.807, 2.05) is 61.0 Å². The molecule has 1 atom stereocenters. The van der Waals surface area contributed by atoms with Gasteiger partial charge in [-0.05, 0) is 46.0 Å². The van der Waals surface area contributed by atoms with Crippen LogP contribution in [0.3, 0.4) is 0 Å². The van der Waals surface area contributed by atoms with Gasteiger partial charge in [-0.3, -0.25) is 4.99 Å². The second-order valence-corrected chi connectivity index (χ2v) is 8.72. The summed E-state index contributed by atoms with van der Waals surface area (Å²) < 4.78 is 12.3. The van der Waals surface area contributed by atoms with E-state index in [2.05, 4.69) is 38.4 Å². The minimum Gasteiger partial charge on any atom is -0.387 e. The number of hydrogen-bond acceptors (Lipinski definition) is 5. The summed E-state index contributed by atoms with van der Waals surface area (Å²) >= 11 is 3.54. The highest BCUT2D eigenvalue weighted by Crippen LogP contribution is 2.26. The number of aliphatic imine (C=N–C) groups is 1. The molecule has 166 valence electrons. The topological polar surface area (TPSA) is 63.1 Å². The predicted octanol–water partition coefficient (Wildman–Crippen LogP) is 4.62. The fraction of sp³-hybridized carbons (Fsp3) is 0.269. The van der Waals surface area contributed by atoms with E-state index in [4.69, 9.17) is 9.47 Å². The van der Waals surface area contributed by atoms with Crippen LogP contribution < -0.4 is 5.32 Å². The number of benzene rings is 2. The molecule has 32 heavy (non-hydrogen) atoms. The Balaban J connectivity index is 1.20. The maximum atomic E-state index is 10.6. The third-order valence-corrected chi connectivity index (χ3v) is 5.83. The zero-order valence-corrected chi connectivity index (χ0v) is 19.4. The maximum Gasteiger partial charge on any atom is 0.189 e. The summed E-state index contributed by atoms with van der Waals surface area (Å²) in [6.45, 7) is 2.62. The molecule has 5 nitrogen and oxygen atoms in total. The first-order chi connectivity index (χ1) is 15.6. The minimum absolute atomic E-state index is 0.330. The maximum absolute atomic E-state index is 10.6. The number of rotatable bonds is 9. The Labute approximate surface area is 197 Å². The van der Waals surface area contributed by atoms with E-state index in [1.54, 1.807) is 6.08 Å². The van der Waals surface area contributed by atoms with Gasteiger partial charge in [0.15, 0.2) is 5.79 Å². The van der Waals surface area contributed by atoms with Crippen molar-refractivity contribution in [1.29, 1.82) is 0 Å². The van der Waals surface area contributed by atoms with Crippen molar-refractivity contribution in [2.75, 3.05) is 26.3 Å². The first kappa shape index (κ1) is 22.7. The van der Waals surface area contributed by atoms with Crippen LogP contribution in [0.1, 0.15) is 23.1 Å². The lowest BCUT2D eigenvalue weighted by molar-refractivity contribution is -0.173. The number of hydrogen-bond donors (Lipinski definition) is 2. The van der Waals surface area contributed by atoms with Crippen LogP contribution in [-0.4, -0.2) is 43.4 Å². The van der Waals surface area contributed by atoms with Crippen LogP contribution in [0, 0.1) is 0 Å². The lowest BCUT2D eigenvalue weighted by atomic mass is 9.98. The third-order valence-electron chi connectivity index (χ3n) is 5.34. The summed E-state index contributed by atoms with van der Waals surface area (Å²) in [6, 6.07) is 16.2. The van der Waals surface area contributed by atoms with E-state index in [1.165, 1.54) is 5.56 Å². The molecule has 0 saturated carbocycles. The number of nitrogens with one attached hydrogen (secondary N) is 1. The fourth-order valence-electron chi connectivity index (χ4n) is 3.59. The van der Waals surface area contributed by atoms with Crippen molar-refractivity contribution in [3.05, 3.63) is 99.7 Å². The second kappa shape index (κ2) is 10.9. The number of nitrogens with zero attached hydrogens (tertiary/aromatic N) is 1. The smallest absolute Gasteiger partial charge is 0.189 e. The first-order valence-electron chi connectivity index (χ1n) is 10.7. The molecular weight excluding hydrogens is 468 g/mol. The van der Waals surface area contributed by atoms with Gasteiger partial charge in [-0.15, -0.1) is 0 Å². The van der Waals surface area contributed by atoms with Crippen molar-refractivity contribution in [3.8, 4) is 0 Å². The van der Waals surface area contributed by atoms with Gasteiger partial charge in [0.05, 0.1) is 26.4 Å². The molecule has 0 amide bonds.